The van der Waals surface area contributed by atoms with Crippen LogP contribution in [0.3, 0.4) is 0 Å². The Kier molecular flexibility index (Phi) is 4.52. The van der Waals surface area contributed by atoms with Crippen molar-refractivity contribution in [3.8, 4) is 5.88 Å². The number of aryl methyl sites for hydroxylation is 1. The first kappa shape index (κ1) is 14.3. The van der Waals surface area contributed by atoms with Gasteiger partial charge in [-0.25, -0.2) is 4.98 Å². The van der Waals surface area contributed by atoms with E-state index in [4.69, 9.17) is 4.74 Å². The standard InChI is InChI=1S/C13H15N3O3S/c1-9-8-20-13(18)16(9)6-5-11(17)15-10-3-4-12(19-2)14-7-10/h3-4,7-8H,5-6H2,1-2H3,(H,15,17). The molecule has 0 aromatic carbocycles. The number of thiazole rings is 1. The average Bonchev–Trinajstić information content (AvgIpc) is 2.77. The maximum Gasteiger partial charge on any atom is 0.307 e. The maximum absolute atomic E-state index is 11.8. The Hall–Kier alpha value is -2.15. The third-order valence-electron chi connectivity index (χ3n) is 2.77. The molecule has 1 amide bonds. The molecule has 0 atom stereocenters. The highest BCUT2D eigenvalue weighted by Crippen LogP contribution is 2.11. The molecule has 0 radical (unpaired) electrons. The van der Waals surface area contributed by atoms with Crippen LogP contribution in [0.25, 0.3) is 0 Å². The first-order valence-corrected chi connectivity index (χ1v) is 6.93. The van der Waals surface area contributed by atoms with E-state index < -0.39 is 0 Å². The van der Waals surface area contributed by atoms with Gasteiger partial charge in [-0.05, 0) is 13.0 Å². The van der Waals surface area contributed by atoms with Gasteiger partial charge in [0, 0.05) is 30.1 Å². The molecule has 0 aliphatic rings. The van der Waals surface area contributed by atoms with E-state index in [-0.39, 0.29) is 17.2 Å². The Morgan fingerprint density at radius 1 is 1.50 bits per heavy atom. The summed E-state index contributed by atoms with van der Waals surface area (Å²) in [5, 5.41) is 4.51. The second kappa shape index (κ2) is 6.33. The zero-order chi connectivity index (χ0) is 14.5. The molecule has 0 saturated carbocycles. The van der Waals surface area contributed by atoms with Crippen molar-refractivity contribution in [2.75, 3.05) is 12.4 Å². The second-order valence-corrected chi connectivity index (χ2v) is 5.00. The van der Waals surface area contributed by atoms with Crippen molar-refractivity contribution >= 4 is 22.9 Å². The summed E-state index contributed by atoms with van der Waals surface area (Å²) in [6.45, 7) is 2.23. The number of carbonyl (C=O) groups excluding carboxylic acids is 1. The predicted octanol–water partition coefficient (Wildman–Crippen LogP) is 1.65. The van der Waals surface area contributed by atoms with E-state index in [9.17, 15) is 9.59 Å². The van der Waals surface area contributed by atoms with Gasteiger partial charge in [0.2, 0.25) is 11.8 Å². The lowest BCUT2D eigenvalue weighted by molar-refractivity contribution is -0.116. The monoisotopic (exact) mass is 293 g/mol. The molecule has 0 fully saturated rings. The minimum Gasteiger partial charge on any atom is -0.481 e. The second-order valence-electron chi connectivity index (χ2n) is 4.18. The van der Waals surface area contributed by atoms with Crippen molar-refractivity contribution in [2.45, 2.75) is 19.9 Å². The van der Waals surface area contributed by atoms with Gasteiger partial charge in [0.05, 0.1) is 19.0 Å². The zero-order valence-corrected chi connectivity index (χ0v) is 12.1. The average molecular weight is 293 g/mol. The highest BCUT2D eigenvalue weighted by atomic mass is 32.1. The molecule has 0 aliphatic heterocycles. The summed E-state index contributed by atoms with van der Waals surface area (Å²) in [4.78, 5) is 27.3. The van der Waals surface area contributed by atoms with Crippen LogP contribution < -0.4 is 14.9 Å². The van der Waals surface area contributed by atoms with Gasteiger partial charge in [-0.15, -0.1) is 0 Å². The van der Waals surface area contributed by atoms with E-state index in [0.717, 1.165) is 17.0 Å². The van der Waals surface area contributed by atoms with Crippen LogP contribution in [0.2, 0.25) is 0 Å². The number of anilines is 1. The maximum atomic E-state index is 11.8. The Balaban J connectivity index is 1.91. The lowest BCUT2D eigenvalue weighted by Gasteiger charge is -2.07. The Labute approximate surface area is 120 Å². The first-order valence-electron chi connectivity index (χ1n) is 6.05. The molecule has 0 spiro atoms. The van der Waals surface area contributed by atoms with Crippen molar-refractivity contribution in [3.05, 3.63) is 39.1 Å². The summed E-state index contributed by atoms with van der Waals surface area (Å²) in [6, 6.07) is 3.38. The van der Waals surface area contributed by atoms with Crippen LogP contribution in [-0.4, -0.2) is 22.6 Å². The number of methoxy groups -OCH3 is 1. The SMILES string of the molecule is COc1ccc(NC(=O)CCn2c(C)csc2=O)cn1. The van der Waals surface area contributed by atoms with Crippen molar-refractivity contribution in [2.24, 2.45) is 0 Å². The normalized spacial score (nSPS) is 10.3. The lowest BCUT2D eigenvalue weighted by Crippen LogP contribution is -2.20. The minimum atomic E-state index is -0.158. The summed E-state index contributed by atoms with van der Waals surface area (Å²) in [6.07, 6.45) is 1.77. The van der Waals surface area contributed by atoms with Crippen molar-refractivity contribution in [3.63, 3.8) is 0 Å². The Bertz CT molecular complexity index is 646. The van der Waals surface area contributed by atoms with Crippen LogP contribution in [0.1, 0.15) is 12.1 Å². The molecule has 0 bridgehead atoms. The molecule has 0 aliphatic carbocycles. The number of carbonyl (C=O) groups is 1. The van der Waals surface area contributed by atoms with E-state index in [1.807, 2.05) is 6.92 Å². The van der Waals surface area contributed by atoms with Crippen molar-refractivity contribution in [1.29, 1.82) is 0 Å². The van der Waals surface area contributed by atoms with Gasteiger partial charge in [-0.3, -0.25) is 9.59 Å². The largest absolute Gasteiger partial charge is 0.481 e. The summed E-state index contributed by atoms with van der Waals surface area (Å²) in [5.41, 5.74) is 1.48. The molecule has 0 saturated heterocycles. The third-order valence-corrected chi connectivity index (χ3v) is 3.65. The number of hydrogen-bond donors (Lipinski definition) is 1. The number of nitrogens with zero attached hydrogens (tertiary/aromatic N) is 2. The van der Waals surface area contributed by atoms with Gasteiger partial charge in [-0.1, -0.05) is 11.3 Å². The van der Waals surface area contributed by atoms with Crippen LogP contribution in [0.15, 0.2) is 28.5 Å². The molecule has 7 heteroatoms. The Morgan fingerprint density at radius 2 is 2.30 bits per heavy atom. The number of nitrogens with one attached hydrogen (secondary N) is 1. The van der Waals surface area contributed by atoms with Gasteiger partial charge in [0.15, 0.2) is 0 Å². The van der Waals surface area contributed by atoms with E-state index in [2.05, 4.69) is 10.3 Å². The zero-order valence-electron chi connectivity index (χ0n) is 11.3. The molecule has 6 nitrogen and oxygen atoms in total. The minimum absolute atomic E-state index is 0.0404. The molecular weight excluding hydrogens is 278 g/mol. The van der Waals surface area contributed by atoms with Crippen molar-refractivity contribution in [1.82, 2.24) is 9.55 Å². The van der Waals surface area contributed by atoms with Crippen LogP contribution in [0.5, 0.6) is 5.88 Å². The topological polar surface area (TPSA) is 73.2 Å². The van der Waals surface area contributed by atoms with Crippen molar-refractivity contribution < 1.29 is 9.53 Å². The Morgan fingerprint density at radius 3 is 2.85 bits per heavy atom. The van der Waals surface area contributed by atoms with Gasteiger partial charge in [-0.2, -0.15) is 0 Å². The molecule has 2 heterocycles. The highest BCUT2D eigenvalue weighted by molar-refractivity contribution is 7.07. The van der Waals surface area contributed by atoms with Crippen LogP contribution in [0, 0.1) is 6.92 Å². The third kappa shape index (κ3) is 3.45. The molecule has 2 rings (SSSR count). The highest BCUT2D eigenvalue weighted by Gasteiger charge is 2.07. The van der Waals surface area contributed by atoms with E-state index in [0.29, 0.717) is 18.1 Å². The molecule has 106 valence electrons. The fourth-order valence-corrected chi connectivity index (χ4v) is 2.45. The first-order chi connectivity index (χ1) is 9.60. The van der Waals surface area contributed by atoms with Gasteiger partial charge in [0.1, 0.15) is 0 Å². The quantitative estimate of drug-likeness (QED) is 0.909. The number of hydrogen-bond acceptors (Lipinski definition) is 5. The molecular formula is C13H15N3O3S. The molecule has 2 aromatic heterocycles. The van der Waals surface area contributed by atoms with Gasteiger partial charge in [0.25, 0.3) is 0 Å². The molecule has 20 heavy (non-hydrogen) atoms. The molecule has 2 aromatic rings. The summed E-state index contributed by atoms with van der Waals surface area (Å²) in [7, 11) is 1.53. The fourth-order valence-electron chi connectivity index (χ4n) is 1.69. The van der Waals surface area contributed by atoms with Crippen LogP contribution in [-0.2, 0) is 11.3 Å². The van der Waals surface area contributed by atoms with E-state index >= 15 is 0 Å². The lowest BCUT2D eigenvalue weighted by atomic mass is 10.3. The smallest absolute Gasteiger partial charge is 0.307 e. The number of aromatic nitrogens is 2. The van der Waals surface area contributed by atoms with E-state index in [1.165, 1.54) is 13.3 Å². The number of pyridine rings is 1. The van der Waals surface area contributed by atoms with Gasteiger partial charge >= 0.3 is 4.87 Å². The summed E-state index contributed by atoms with van der Waals surface area (Å²) >= 11 is 1.14. The summed E-state index contributed by atoms with van der Waals surface area (Å²) in [5.74, 6) is 0.331. The fraction of sp³-hybridized carbons (Fsp3) is 0.308. The summed E-state index contributed by atoms with van der Waals surface area (Å²) < 4.78 is 6.53. The van der Waals surface area contributed by atoms with E-state index in [1.54, 1.807) is 22.1 Å². The molecule has 0 unspecified atom stereocenters. The number of ether oxygens (including phenoxy) is 1. The molecule has 1 N–H and O–H groups in total. The van der Waals surface area contributed by atoms with Gasteiger partial charge < -0.3 is 14.6 Å². The van der Waals surface area contributed by atoms with Crippen LogP contribution in [0.4, 0.5) is 5.69 Å². The number of amides is 1. The number of rotatable bonds is 5. The van der Waals surface area contributed by atoms with Crippen LogP contribution >= 0.6 is 11.3 Å². The predicted molar refractivity (Wildman–Crippen MR) is 77.4 cm³/mol.